The first-order valence-electron chi connectivity index (χ1n) is 5.19. The fourth-order valence-corrected chi connectivity index (χ4v) is 1.11. The lowest BCUT2D eigenvalue weighted by Crippen LogP contribution is -2.14. The molecule has 1 aromatic heterocycles. The SMILES string of the molecule is CCNc1nc(OC(C)C)cc(C(F)(F)F)n1. The van der Waals surface area contributed by atoms with Crippen molar-refractivity contribution in [3.05, 3.63) is 11.8 Å². The van der Waals surface area contributed by atoms with Crippen molar-refractivity contribution in [1.29, 1.82) is 0 Å². The maximum Gasteiger partial charge on any atom is 0.433 e. The van der Waals surface area contributed by atoms with Crippen molar-refractivity contribution in [3.63, 3.8) is 0 Å². The van der Waals surface area contributed by atoms with Gasteiger partial charge in [-0.15, -0.1) is 0 Å². The molecule has 96 valence electrons. The Morgan fingerprint density at radius 2 is 2.00 bits per heavy atom. The van der Waals surface area contributed by atoms with E-state index in [9.17, 15) is 13.2 Å². The number of anilines is 1. The summed E-state index contributed by atoms with van der Waals surface area (Å²) in [5.41, 5.74) is -1.01. The summed E-state index contributed by atoms with van der Waals surface area (Å²) < 4.78 is 42.8. The molecule has 1 aromatic rings. The van der Waals surface area contributed by atoms with Crippen LogP contribution in [0.2, 0.25) is 0 Å². The highest BCUT2D eigenvalue weighted by molar-refractivity contribution is 5.31. The van der Waals surface area contributed by atoms with Crippen molar-refractivity contribution in [1.82, 2.24) is 9.97 Å². The van der Waals surface area contributed by atoms with E-state index in [1.54, 1.807) is 20.8 Å². The Morgan fingerprint density at radius 3 is 2.47 bits per heavy atom. The zero-order valence-electron chi connectivity index (χ0n) is 9.80. The maximum absolute atomic E-state index is 12.6. The molecule has 0 aliphatic carbocycles. The number of ether oxygens (including phenoxy) is 1. The molecule has 7 heteroatoms. The average molecular weight is 249 g/mol. The quantitative estimate of drug-likeness (QED) is 0.891. The molecule has 0 aliphatic rings. The van der Waals surface area contributed by atoms with Crippen LogP contribution in [0.3, 0.4) is 0 Å². The van der Waals surface area contributed by atoms with E-state index in [2.05, 4.69) is 15.3 Å². The molecule has 1 N–H and O–H groups in total. The zero-order chi connectivity index (χ0) is 13.1. The van der Waals surface area contributed by atoms with Gasteiger partial charge in [-0.1, -0.05) is 0 Å². The van der Waals surface area contributed by atoms with Crippen molar-refractivity contribution in [2.45, 2.75) is 33.1 Å². The lowest BCUT2D eigenvalue weighted by Gasteiger charge is -2.13. The van der Waals surface area contributed by atoms with Crippen LogP contribution in [0.15, 0.2) is 6.07 Å². The normalized spacial score (nSPS) is 11.7. The molecule has 0 aromatic carbocycles. The predicted molar refractivity (Wildman–Crippen MR) is 57.0 cm³/mol. The number of rotatable bonds is 4. The second-order valence-electron chi connectivity index (χ2n) is 3.61. The number of hydrogen-bond donors (Lipinski definition) is 1. The van der Waals surface area contributed by atoms with E-state index >= 15 is 0 Å². The first-order valence-corrected chi connectivity index (χ1v) is 5.19. The highest BCUT2D eigenvalue weighted by Crippen LogP contribution is 2.30. The van der Waals surface area contributed by atoms with Crippen molar-refractivity contribution in [2.75, 3.05) is 11.9 Å². The molecule has 0 saturated carbocycles. The molecule has 0 amide bonds. The van der Waals surface area contributed by atoms with Gasteiger partial charge in [-0.25, -0.2) is 4.98 Å². The third-order valence-electron chi connectivity index (χ3n) is 1.68. The molecule has 0 bridgehead atoms. The number of hydrogen-bond acceptors (Lipinski definition) is 4. The summed E-state index contributed by atoms with van der Waals surface area (Å²) >= 11 is 0. The van der Waals surface area contributed by atoms with Gasteiger partial charge in [-0.3, -0.25) is 0 Å². The van der Waals surface area contributed by atoms with Crippen LogP contribution in [0.1, 0.15) is 26.5 Å². The van der Waals surface area contributed by atoms with Crippen LogP contribution in [-0.4, -0.2) is 22.6 Å². The van der Waals surface area contributed by atoms with Gasteiger partial charge < -0.3 is 10.1 Å². The molecular formula is C10H14F3N3O. The largest absolute Gasteiger partial charge is 0.475 e. The Bertz CT molecular complexity index is 380. The van der Waals surface area contributed by atoms with Crippen molar-refractivity contribution >= 4 is 5.95 Å². The molecule has 0 radical (unpaired) electrons. The predicted octanol–water partition coefficient (Wildman–Crippen LogP) is 2.71. The second kappa shape index (κ2) is 5.20. The number of nitrogens with one attached hydrogen (secondary N) is 1. The van der Waals surface area contributed by atoms with Gasteiger partial charge in [0, 0.05) is 12.6 Å². The van der Waals surface area contributed by atoms with Crippen LogP contribution < -0.4 is 10.1 Å². The molecule has 0 unspecified atom stereocenters. The third-order valence-corrected chi connectivity index (χ3v) is 1.68. The molecule has 4 nitrogen and oxygen atoms in total. The zero-order valence-corrected chi connectivity index (χ0v) is 9.80. The first-order chi connectivity index (χ1) is 7.82. The Hall–Kier alpha value is -1.53. The molecule has 1 heterocycles. The number of halogens is 3. The van der Waals surface area contributed by atoms with E-state index in [4.69, 9.17) is 4.74 Å². The molecule has 17 heavy (non-hydrogen) atoms. The Balaban J connectivity index is 3.09. The van der Waals surface area contributed by atoms with Gasteiger partial charge in [-0.2, -0.15) is 18.2 Å². The summed E-state index contributed by atoms with van der Waals surface area (Å²) in [6.45, 7) is 5.60. The fraction of sp³-hybridized carbons (Fsp3) is 0.600. The molecule has 0 aliphatic heterocycles. The lowest BCUT2D eigenvalue weighted by molar-refractivity contribution is -0.141. The Labute approximate surface area is 97.2 Å². The first kappa shape index (κ1) is 13.5. The summed E-state index contributed by atoms with van der Waals surface area (Å²) in [7, 11) is 0. The number of alkyl halides is 3. The summed E-state index contributed by atoms with van der Waals surface area (Å²) in [5, 5.41) is 2.63. The fourth-order valence-electron chi connectivity index (χ4n) is 1.11. The Kier molecular flexibility index (Phi) is 4.14. The molecule has 0 atom stereocenters. The minimum Gasteiger partial charge on any atom is -0.475 e. The van der Waals surface area contributed by atoms with Crippen LogP contribution in [0.25, 0.3) is 0 Å². The van der Waals surface area contributed by atoms with Crippen LogP contribution >= 0.6 is 0 Å². The van der Waals surface area contributed by atoms with Gasteiger partial charge in [-0.05, 0) is 20.8 Å². The smallest absolute Gasteiger partial charge is 0.433 e. The van der Waals surface area contributed by atoms with E-state index < -0.39 is 11.9 Å². The lowest BCUT2D eigenvalue weighted by atomic mass is 10.4. The molecule has 0 saturated heterocycles. The summed E-state index contributed by atoms with van der Waals surface area (Å²) in [6, 6.07) is 0.792. The van der Waals surface area contributed by atoms with E-state index in [-0.39, 0.29) is 17.9 Å². The van der Waals surface area contributed by atoms with Crippen LogP contribution in [-0.2, 0) is 6.18 Å². The van der Waals surface area contributed by atoms with E-state index in [1.807, 2.05) is 0 Å². The van der Waals surface area contributed by atoms with Crippen LogP contribution in [0.5, 0.6) is 5.88 Å². The summed E-state index contributed by atoms with van der Waals surface area (Å²) in [5.74, 6) is -0.170. The van der Waals surface area contributed by atoms with Crippen molar-refractivity contribution < 1.29 is 17.9 Å². The van der Waals surface area contributed by atoms with Gasteiger partial charge >= 0.3 is 6.18 Å². The number of nitrogens with zero attached hydrogens (tertiary/aromatic N) is 2. The van der Waals surface area contributed by atoms with Crippen LogP contribution in [0.4, 0.5) is 19.1 Å². The van der Waals surface area contributed by atoms with Gasteiger partial charge in [0.1, 0.15) is 0 Å². The van der Waals surface area contributed by atoms with Gasteiger partial charge in [0.25, 0.3) is 0 Å². The van der Waals surface area contributed by atoms with Gasteiger partial charge in [0.15, 0.2) is 5.69 Å². The molecular weight excluding hydrogens is 235 g/mol. The molecule has 0 fully saturated rings. The van der Waals surface area contributed by atoms with Gasteiger partial charge in [0.2, 0.25) is 11.8 Å². The maximum atomic E-state index is 12.6. The molecule has 1 rings (SSSR count). The standard InChI is InChI=1S/C10H14F3N3O/c1-4-14-9-15-7(10(11,12)13)5-8(16-9)17-6(2)3/h5-6H,4H2,1-3H3,(H,14,15,16). The topological polar surface area (TPSA) is 47.0 Å². The van der Waals surface area contributed by atoms with Crippen molar-refractivity contribution in [2.24, 2.45) is 0 Å². The van der Waals surface area contributed by atoms with E-state index in [1.165, 1.54) is 0 Å². The highest BCUT2D eigenvalue weighted by Gasteiger charge is 2.34. The summed E-state index contributed by atoms with van der Waals surface area (Å²) in [6.07, 6.45) is -4.76. The monoisotopic (exact) mass is 249 g/mol. The molecule has 0 spiro atoms. The van der Waals surface area contributed by atoms with Crippen molar-refractivity contribution in [3.8, 4) is 5.88 Å². The van der Waals surface area contributed by atoms with E-state index in [0.717, 1.165) is 6.07 Å². The Morgan fingerprint density at radius 1 is 1.35 bits per heavy atom. The minimum atomic E-state index is -4.51. The van der Waals surface area contributed by atoms with E-state index in [0.29, 0.717) is 6.54 Å². The second-order valence-corrected chi connectivity index (χ2v) is 3.61. The summed E-state index contributed by atoms with van der Waals surface area (Å²) in [4.78, 5) is 7.21. The average Bonchev–Trinajstić information content (AvgIpc) is 2.15. The van der Waals surface area contributed by atoms with Gasteiger partial charge in [0.05, 0.1) is 6.10 Å². The number of aromatic nitrogens is 2. The minimum absolute atomic E-state index is 0.0849. The third kappa shape index (κ3) is 4.08. The highest BCUT2D eigenvalue weighted by atomic mass is 19.4. The van der Waals surface area contributed by atoms with Crippen LogP contribution in [0, 0.1) is 0 Å².